The minimum absolute atomic E-state index is 0.195. The van der Waals surface area contributed by atoms with Crippen LogP contribution in [-0.4, -0.2) is 87.1 Å². The first kappa shape index (κ1) is 47.7. The fraction of sp³-hybridized carbons (Fsp3) is 0.341. The van der Waals surface area contributed by atoms with Gasteiger partial charge in [-0.1, -0.05) is 28.1 Å². The third kappa shape index (κ3) is 13.3. The molecule has 0 saturated carbocycles. The Kier molecular flexibility index (Phi) is 17.9. The number of piperidine rings is 2. The fourth-order valence-corrected chi connectivity index (χ4v) is 8.66. The first-order valence-corrected chi connectivity index (χ1v) is 22.0. The molecule has 5 aromatic rings. The molecule has 0 radical (unpaired) electrons. The largest absolute Gasteiger partial charge is 0.450 e. The highest BCUT2D eigenvalue weighted by Crippen LogP contribution is 2.41. The lowest BCUT2D eigenvalue weighted by Gasteiger charge is -2.30. The Morgan fingerprint density at radius 1 is 0.774 bits per heavy atom. The third-order valence-electron chi connectivity index (χ3n) is 9.95. The fourth-order valence-electron chi connectivity index (χ4n) is 6.63. The van der Waals surface area contributed by atoms with Crippen molar-refractivity contribution in [3.8, 4) is 21.7 Å². The van der Waals surface area contributed by atoms with Crippen LogP contribution < -0.4 is 5.73 Å². The number of amides is 2. The highest BCUT2D eigenvalue weighted by molar-refractivity contribution is 9.09. The second-order valence-electron chi connectivity index (χ2n) is 14.1. The lowest BCUT2D eigenvalue weighted by atomic mass is 9.97. The van der Waals surface area contributed by atoms with E-state index < -0.39 is 22.5 Å². The van der Waals surface area contributed by atoms with Crippen molar-refractivity contribution in [1.29, 1.82) is 0 Å². The van der Waals surface area contributed by atoms with Crippen LogP contribution in [-0.2, 0) is 9.47 Å². The average Bonchev–Trinajstić information content (AvgIpc) is 3.73. The van der Waals surface area contributed by atoms with E-state index in [-0.39, 0.29) is 35.6 Å². The van der Waals surface area contributed by atoms with E-state index in [2.05, 4.69) is 25.9 Å². The van der Waals surface area contributed by atoms with Gasteiger partial charge in [0.1, 0.15) is 16.5 Å². The second kappa shape index (κ2) is 23.2. The number of thiazole rings is 1. The number of hydrogen-bond acceptors (Lipinski definition) is 10. The number of ketones is 1. The summed E-state index contributed by atoms with van der Waals surface area (Å²) in [4.78, 5) is 51.4. The lowest BCUT2D eigenvalue weighted by molar-refractivity contribution is 0.0959. The predicted molar refractivity (Wildman–Crippen MR) is 236 cm³/mol. The minimum Gasteiger partial charge on any atom is -0.450 e. The number of rotatable bonds is 9. The predicted octanol–water partition coefficient (Wildman–Crippen LogP) is 10.3. The molecule has 2 saturated heterocycles. The molecule has 0 aliphatic carbocycles. The smallest absolute Gasteiger partial charge is 0.409 e. The van der Waals surface area contributed by atoms with Gasteiger partial charge >= 0.3 is 12.2 Å². The van der Waals surface area contributed by atoms with Gasteiger partial charge in [-0.15, -0.1) is 11.3 Å². The third-order valence-corrected chi connectivity index (χ3v) is 12.5. The second-order valence-corrected chi connectivity index (χ2v) is 16.5. The molecule has 11 nitrogen and oxygen atoms in total. The normalized spacial score (nSPS) is 14.7. The number of ether oxygens (including phenoxy) is 2. The molecule has 0 spiro atoms. The summed E-state index contributed by atoms with van der Waals surface area (Å²) < 4.78 is 62.9. The van der Waals surface area contributed by atoms with Gasteiger partial charge in [0.05, 0.1) is 33.8 Å². The number of carbonyl (C=O) groups is 3. The van der Waals surface area contributed by atoms with E-state index in [1.807, 2.05) is 0 Å². The first-order chi connectivity index (χ1) is 29.8. The van der Waals surface area contributed by atoms with Crippen LogP contribution in [0.15, 0.2) is 85.2 Å². The van der Waals surface area contributed by atoms with Gasteiger partial charge in [-0.2, -0.15) is 8.78 Å². The van der Waals surface area contributed by atoms with Crippen molar-refractivity contribution in [3.05, 3.63) is 125 Å². The van der Waals surface area contributed by atoms with Gasteiger partial charge in [-0.05, 0) is 117 Å². The van der Waals surface area contributed by atoms with Gasteiger partial charge in [0.2, 0.25) is 11.9 Å². The standard InChI is InChI=1S/C22H21F2N3O2S.C13H8BrF2NO.C9H16N2O2S/c1-2-29-22(28)27-11-8-15(9-12-27)21-26-19(14-3-5-17(23)6-4-14)20(30-21)16-7-10-25-18(24)13-16;14-12(9-5-6-17-11(16)7-9)13(18)8-1-3-10(15)4-2-8;1-2-13-9(12)11-5-3-7(4-6-11)8(10)14/h3-7,10,13,15H,2,8-9,11-12H2,1H3;1-7,12H;7H,2-6H2,1H3,(H2,10,14). The number of Topliss-reactive ketones (excluding diaryl/α,β-unsaturated/α-hetero) is 1. The first-order valence-electron chi connectivity index (χ1n) is 19.8. The van der Waals surface area contributed by atoms with Gasteiger partial charge in [-0.3, -0.25) is 4.79 Å². The summed E-state index contributed by atoms with van der Waals surface area (Å²) in [5, 5.41) is 0.935. The van der Waals surface area contributed by atoms with Crippen LogP contribution in [0.25, 0.3) is 21.7 Å². The minimum atomic E-state index is -0.680. The number of nitrogens with zero attached hydrogens (tertiary/aromatic N) is 5. The number of alkyl halides is 1. The van der Waals surface area contributed by atoms with Gasteiger partial charge in [-0.25, -0.2) is 33.3 Å². The summed E-state index contributed by atoms with van der Waals surface area (Å²) in [6, 6.07) is 17.2. The molecule has 328 valence electrons. The number of pyridine rings is 2. The molecular formula is C44H45BrF4N6O5S2. The molecule has 18 heteroatoms. The summed E-state index contributed by atoms with van der Waals surface area (Å²) in [5.74, 6) is -1.72. The zero-order valence-electron chi connectivity index (χ0n) is 33.9. The van der Waals surface area contributed by atoms with Crippen molar-refractivity contribution in [2.24, 2.45) is 11.7 Å². The summed E-state index contributed by atoms with van der Waals surface area (Å²) in [5.41, 5.74) is 8.54. The van der Waals surface area contributed by atoms with Crippen LogP contribution in [0.4, 0.5) is 27.2 Å². The molecule has 2 aliphatic heterocycles. The zero-order valence-corrected chi connectivity index (χ0v) is 37.2. The maximum absolute atomic E-state index is 13.8. The molecular weight excluding hydrogens is 913 g/mol. The number of aromatic nitrogens is 3. The van der Waals surface area contributed by atoms with Crippen LogP contribution in [0, 0.1) is 29.4 Å². The molecule has 2 amide bonds. The molecule has 1 atom stereocenters. The molecule has 2 aromatic carbocycles. The average molecular weight is 958 g/mol. The molecule has 5 heterocycles. The number of thiocarbonyl (C=S) groups is 1. The van der Waals surface area contributed by atoms with Gasteiger partial charge in [0.25, 0.3) is 0 Å². The van der Waals surface area contributed by atoms with E-state index in [0.29, 0.717) is 66.8 Å². The maximum Gasteiger partial charge on any atom is 0.409 e. The van der Waals surface area contributed by atoms with Crippen LogP contribution >= 0.6 is 39.5 Å². The Bertz CT molecular complexity index is 2290. The number of likely N-dealkylation sites (tertiary alicyclic amines) is 2. The van der Waals surface area contributed by atoms with E-state index in [4.69, 9.17) is 32.4 Å². The lowest BCUT2D eigenvalue weighted by Crippen LogP contribution is -2.41. The van der Waals surface area contributed by atoms with Crippen molar-refractivity contribution in [2.75, 3.05) is 39.4 Å². The van der Waals surface area contributed by atoms with Crippen molar-refractivity contribution in [1.82, 2.24) is 24.8 Å². The highest BCUT2D eigenvalue weighted by Gasteiger charge is 2.29. The number of nitrogens with two attached hydrogens (primary N) is 1. The summed E-state index contributed by atoms with van der Waals surface area (Å²) >= 11 is 9.63. The van der Waals surface area contributed by atoms with Gasteiger partial charge in [0.15, 0.2) is 5.78 Å². The number of benzene rings is 2. The molecule has 62 heavy (non-hydrogen) atoms. The SMILES string of the molecule is CCOC(=O)N1CCC(C(N)=S)CC1.CCOC(=O)N1CCC(c2nc(-c3ccc(F)cc3)c(-c3ccnc(F)c3)s2)CC1.O=C(c1ccc(F)cc1)C(Br)c1ccnc(F)c1. The molecule has 2 fully saturated rings. The quantitative estimate of drug-likeness (QED) is 0.0499. The molecule has 2 aliphatic rings. The Hall–Kier alpha value is -5.33. The number of halogens is 5. The van der Waals surface area contributed by atoms with Crippen LogP contribution in [0.3, 0.4) is 0 Å². The Morgan fingerprint density at radius 3 is 1.81 bits per heavy atom. The topological polar surface area (TPSA) is 141 Å². The molecule has 1 unspecified atom stereocenters. The van der Waals surface area contributed by atoms with Crippen molar-refractivity contribution >= 4 is 62.4 Å². The van der Waals surface area contributed by atoms with Crippen molar-refractivity contribution in [2.45, 2.75) is 50.3 Å². The number of carbonyl (C=O) groups excluding carboxylic acids is 3. The molecule has 7 rings (SSSR count). The molecule has 2 N–H and O–H groups in total. The van der Waals surface area contributed by atoms with E-state index in [1.54, 1.807) is 47.9 Å². The van der Waals surface area contributed by atoms with Crippen molar-refractivity contribution in [3.63, 3.8) is 0 Å². The Balaban J connectivity index is 0.000000193. The van der Waals surface area contributed by atoms with Gasteiger partial charge in [0, 0.05) is 67.6 Å². The molecule has 3 aromatic heterocycles. The van der Waals surface area contributed by atoms with Crippen molar-refractivity contribution < 1.29 is 41.4 Å². The van der Waals surface area contributed by atoms with Crippen LogP contribution in [0.1, 0.15) is 71.2 Å². The van der Waals surface area contributed by atoms with E-state index in [0.717, 1.165) is 41.1 Å². The van der Waals surface area contributed by atoms with E-state index >= 15 is 0 Å². The molecule has 0 bridgehead atoms. The summed E-state index contributed by atoms with van der Waals surface area (Å²) in [6.07, 6.45) is 5.47. The van der Waals surface area contributed by atoms with Crippen LogP contribution in [0.5, 0.6) is 0 Å². The Labute approximate surface area is 374 Å². The highest BCUT2D eigenvalue weighted by atomic mass is 79.9. The zero-order chi connectivity index (χ0) is 44.8. The maximum atomic E-state index is 13.8. The van der Waals surface area contributed by atoms with E-state index in [1.165, 1.54) is 72.3 Å². The number of hydrogen-bond donors (Lipinski definition) is 1. The summed E-state index contributed by atoms with van der Waals surface area (Å²) in [7, 11) is 0. The Morgan fingerprint density at radius 2 is 1.29 bits per heavy atom. The van der Waals surface area contributed by atoms with Gasteiger partial charge < -0.3 is 25.0 Å². The monoisotopic (exact) mass is 956 g/mol. The van der Waals surface area contributed by atoms with Crippen LogP contribution in [0.2, 0.25) is 0 Å². The summed E-state index contributed by atoms with van der Waals surface area (Å²) in [6.45, 7) is 6.98. The van der Waals surface area contributed by atoms with E-state index in [9.17, 15) is 31.9 Å².